The zero-order chi connectivity index (χ0) is 18.7. The number of carbonyl (C=O) groups excluding carboxylic acids is 2. The van der Waals surface area contributed by atoms with Gasteiger partial charge in [-0.25, -0.2) is 14.6 Å². The van der Waals surface area contributed by atoms with Crippen molar-refractivity contribution in [2.45, 2.75) is 32.4 Å². The van der Waals surface area contributed by atoms with Crippen LogP contribution in [-0.4, -0.2) is 34.5 Å². The third kappa shape index (κ3) is 4.47. The summed E-state index contributed by atoms with van der Waals surface area (Å²) >= 11 is 13.5. The van der Waals surface area contributed by atoms with E-state index in [2.05, 4.69) is 10.3 Å². The van der Waals surface area contributed by atoms with Crippen LogP contribution in [0.2, 0.25) is 10.0 Å². The molecule has 1 aliphatic rings. The predicted molar refractivity (Wildman–Crippen MR) is 102 cm³/mol. The van der Waals surface area contributed by atoms with E-state index in [9.17, 15) is 9.59 Å². The lowest BCUT2D eigenvalue weighted by Gasteiger charge is -2.22. The van der Waals surface area contributed by atoms with Gasteiger partial charge in [-0.05, 0) is 31.9 Å². The number of urea groups is 1. The summed E-state index contributed by atoms with van der Waals surface area (Å²) in [6.07, 6.45) is 1.87. The minimum absolute atomic E-state index is 0.155. The molecule has 0 bridgehead atoms. The van der Waals surface area contributed by atoms with Crippen LogP contribution in [0.4, 0.5) is 10.5 Å². The first kappa shape index (κ1) is 18.9. The Kier molecular flexibility index (Phi) is 6.01. The second-order valence-electron chi connectivity index (χ2n) is 5.74. The molecule has 0 aliphatic heterocycles. The predicted octanol–water partition coefficient (Wildman–Crippen LogP) is 4.82. The largest absolute Gasteiger partial charge is 0.461 e. The Morgan fingerprint density at radius 3 is 2.85 bits per heavy atom. The van der Waals surface area contributed by atoms with E-state index >= 15 is 0 Å². The van der Waals surface area contributed by atoms with Gasteiger partial charge in [-0.15, -0.1) is 11.3 Å². The van der Waals surface area contributed by atoms with E-state index in [4.69, 9.17) is 27.9 Å². The minimum atomic E-state index is -0.455. The average Bonchev–Trinajstić information content (AvgIpc) is 3.34. The molecule has 1 fully saturated rings. The number of hydrogen-bond donors (Lipinski definition) is 1. The van der Waals surface area contributed by atoms with Crippen LogP contribution >= 0.6 is 34.5 Å². The molecule has 3 rings (SSSR count). The van der Waals surface area contributed by atoms with Crippen LogP contribution in [0.5, 0.6) is 0 Å². The molecule has 1 N–H and O–H groups in total. The molecule has 2 amide bonds. The maximum absolute atomic E-state index is 12.7. The lowest BCUT2D eigenvalue weighted by atomic mass is 10.3. The van der Waals surface area contributed by atoms with Crippen molar-refractivity contribution < 1.29 is 14.3 Å². The Balaban J connectivity index is 1.70. The smallest absolute Gasteiger partial charge is 0.357 e. The van der Waals surface area contributed by atoms with Gasteiger partial charge in [0, 0.05) is 11.4 Å². The number of benzene rings is 1. The van der Waals surface area contributed by atoms with Crippen molar-refractivity contribution in [2.75, 3.05) is 11.9 Å². The third-order valence-corrected chi connectivity index (χ3v) is 5.44. The van der Waals surface area contributed by atoms with Gasteiger partial charge in [0.05, 0.1) is 28.9 Å². The number of ether oxygens (including phenoxy) is 1. The number of nitrogens with zero attached hydrogens (tertiary/aromatic N) is 2. The molecular weight excluding hydrogens is 397 g/mol. The fraction of sp³-hybridized carbons (Fsp3) is 0.353. The summed E-state index contributed by atoms with van der Waals surface area (Å²) in [6, 6.07) is 4.95. The van der Waals surface area contributed by atoms with Gasteiger partial charge in [-0.1, -0.05) is 29.3 Å². The van der Waals surface area contributed by atoms with Crippen molar-refractivity contribution in [3.8, 4) is 0 Å². The van der Waals surface area contributed by atoms with Crippen molar-refractivity contribution in [2.24, 2.45) is 0 Å². The third-order valence-electron chi connectivity index (χ3n) is 3.78. The normalized spacial score (nSPS) is 13.3. The van der Waals surface area contributed by atoms with Crippen molar-refractivity contribution in [3.05, 3.63) is 44.3 Å². The lowest BCUT2D eigenvalue weighted by molar-refractivity contribution is 0.0520. The fourth-order valence-electron chi connectivity index (χ4n) is 2.37. The van der Waals surface area contributed by atoms with Crippen LogP contribution in [0.15, 0.2) is 23.6 Å². The van der Waals surface area contributed by atoms with E-state index in [1.165, 1.54) is 11.3 Å². The number of carbonyl (C=O) groups is 2. The highest BCUT2D eigenvalue weighted by Gasteiger charge is 2.33. The maximum Gasteiger partial charge on any atom is 0.357 e. The number of anilines is 1. The number of rotatable bonds is 6. The molecule has 0 unspecified atom stereocenters. The Morgan fingerprint density at radius 1 is 1.38 bits per heavy atom. The van der Waals surface area contributed by atoms with Gasteiger partial charge in [-0.3, -0.25) is 0 Å². The van der Waals surface area contributed by atoms with E-state index < -0.39 is 5.97 Å². The molecule has 1 heterocycles. The summed E-state index contributed by atoms with van der Waals surface area (Å²) < 4.78 is 4.94. The Hall–Kier alpha value is -1.83. The van der Waals surface area contributed by atoms with Crippen molar-refractivity contribution in [1.82, 2.24) is 9.88 Å². The molecule has 1 aliphatic carbocycles. The Morgan fingerprint density at radius 2 is 2.15 bits per heavy atom. The molecule has 1 aromatic heterocycles. The summed E-state index contributed by atoms with van der Waals surface area (Å²) in [4.78, 5) is 30.4. The number of esters is 1. The van der Waals surface area contributed by atoms with Crippen LogP contribution < -0.4 is 5.32 Å². The molecule has 2 aromatic rings. The molecular formula is C17H17Cl2N3O3S. The standard InChI is InChI=1S/C17H17Cl2N3O3S/c1-2-25-16(23)13-9-26-14(20-13)8-22(10-6-7-10)17(24)21-12-5-3-4-11(18)15(12)19/h3-5,9-10H,2,6-8H2,1H3,(H,21,24). The number of nitrogens with one attached hydrogen (secondary N) is 1. The van der Waals surface area contributed by atoms with E-state index in [0.29, 0.717) is 33.9 Å². The van der Waals surface area contributed by atoms with Crippen LogP contribution in [0, 0.1) is 0 Å². The van der Waals surface area contributed by atoms with Crippen molar-refractivity contribution in [3.63, 3.8) is 0 Å². The first-order valence-electron chi connectivity index (χ1n) is 8.12. The monoisotopic (exact) mass is 413 g/mol. The van der Waals surface area contributed by atoms with E-state index in [0.717, 1.165) is 12.8 Å². The fourth-order valence-corrected chi connectivity index (χ4v) is 3.48. The van der Waals surface area contributed by atoms with E-state index in [1.54, 1.807) is 35.4 Å². The second-order valence-corrected chi connectivity index (χ2v) is 7.47. The quantitative estimate of drug-likeness (QED) is 0.688. The van der Waals surface area contributed by atoms with E-state index in [-0.39, 0.29) is 17.8 Å². The molecule has 0 spiro atoms. The summed E-state index contributed by atoms with van der Waals surface area (Å²) in [7, 11) is 0. The Bertz CT molecular complexity index is 823. The van der Waals surface area contributed by atoms with Gasteiger partial charge >= 0.3 is 12.0 Å². The van der Waals surface area contributed by atoms with Crippen molar-refractivity contribution >= 4 is 52.2 Å². The zero-order valence-electron chi connectivity index (χ0n) is 14.0. The minimum Gasteiger partial charge on any atom is -0.461 e. The summed E-state index contributed by atoms with van der Waals surface area (Å²) in [5.41, 5.74) is 0.724. The molecule has 1 aromatic carbocycles. The van der Waals surface area contributed by atoms with Crippen LogP contribution in [0.25, 0.3) is 0 Å². The highest BCUT2D eigenvalue weighted by atomic mass is 35.5. The topological polar surface area (TPSA) is 71.5 Å². The highest BCUT2D eigenvalue weighted by molar-refractivity contribution is 7.09. The van der Waals surface area contributed by atoms with Gasteiger partial charge in [0.15, 0.2) is 5.69 Å². The summed E-state index contributed by atoms with van der Waals surface area (Å²) in [6.45, 7) is 2.35. The lowest BCUT2D eigenvalue weighted by Crippen LogP contribution is -2.36. The summed E-state index contributed by atoms with van der Waals surface area (Å²) in [5, 5.41) is 5.79. The molecule has 0 atom stereocenters. The van der Waals surface area contributed by atoms with Gasteiger partial charge in [-0.2, -0.15) is 0 Å². The molecule has 6 nitrogen and oxygen atoms in total. The number of thiazole rings is 1. The number of aromatic nitrogens is 1. The van der Waals surface area contributed by atoms with Crippen LogP contribution in [0.1, 0.15) is 35.3 Å². The maximum atomic E-state index is 12.7. The van der Waals surface area contributed by atoms with Crippen LogP contribution in [0.3, 0.4) is 0 Å². The molecule has 138 valence electrons. The van der Waals surface area contributed by atoms with E-state index in [1.807, 2.05) is 0 Å². The number of halogens is 2. The molecule has 1 saturated carbocycles. The molecule has 9 heteroatoms. The highest BCUT2D eigenvalue weighted by Crippen LogP contribution is 2.32. The van der Waals surface area contributed by atoms with Gasteiger partial charge in [0.25, 0.3) is 0 Å². The Labute approximate surface area is 165 Å². The second kappa shape index (κ2) is 8.24. The average molecular weight is 414 g/mol. The molecule has 26 heavy (non-hydrogen) atoms. The van der Waals surface area contributed by atoms with Gasteiger partial charge in [0.1, 0.15) is 5.01 Å². The van der Waals surface area contributed by atoms with Crippen LogP contribution in [-0.2, 0) is 11.3 Å². The first-order valence-corrected chi connectivity index (χ1v) is 9.76. The molecule has 0 saturated heterocycles. The number of hydrogen-bond acceptors (Lipinski definition) is 5. The first-order chi connectivity index (χ1) is 12.5. The number of amides is 2. The zero-order valence-corrected chi connectivity index (χ0v) is 16.3. The van der Waals surface area contributed by atoms with Gasteiger partial charge in [0.2, 0.25) is 0 Å². The summed E-state index contributed by atoms with van der Waals surface area (Å²) in [5.74, 6) is -0.455. The molecule has 0 radical (unpaired) electrons. The van der Waals surface area contributed by atoms with Gasteiger partial charge < -0.3 is 15.0 Å². The SMILES string of the molecule is CCOC(=O)c1csc(CN(C(=O)Nc2cccc(Cl)c2Cl)C2CC2)n1. The van der Waals surface area contributed by atoms with Crippen molar-refractivity contribution in [1.29, 1.82) is 0 Å².